The van der Waals surface area contributed by atoms with Crippen LogP contribution in [-0.2, 0) is 0 Å². The third kappa shape index (κ3) is 2.57. The van der Waals surface area contributed by atoms with Gasteiger partial charge < -0.3 is 14.8 Å². The Balaban J connectivity index is 2.66. The molecule has 0 saturated heterocycles. The first-order valence-corrected chi connectivity index (χ1v) is 5.02. The molecule has 0 atom stereocenters. The van der Waals surface area contributed by atoms with Gasteiger partial charge in [0.1, 0.15) is 5.75 Å². The topological polar surface area (TPSA) is 49.7 Å². The van der Waals surface area contributed by atoms with Gasteiger partial charge in [-0.3, -0.25) is 0 Å². The van der Waals surface area contributed by atoms with E-state index in [1.165, 1.54) is 18.2 Å². The van der Waals surface area contributed by atoms with Crippen LogP contribution in [0, 0.1) is 0 Å². The van der Waals surface area contributed by atoms with Gasteiger partial charge in [-0.25, -0.2) is 0 Å². The Kier molecular flexibility index (Phi) is 3.19. The summed E-state index contributed by atoms with van der Waals surface area (Å²) >= 11 is 0. The molecule has 0 fully saturated rings. The maximum absolute atomic E-state index is 12.3. The van der Waals surface area contributed by atoms with Crippen LogP contribution in [0.1, 0.15) is 0 Å². The first-order chi connectivity index (χ1) is 8.38. The number of alkyl halides is 3. The maximum atomic E-state index is 12.3. The largest absolute Gasteiger partial charge is 0.573 e. The summed E-state index contributed by atoms with van der Waals surface area (Å²) in [5.41, 5.74) is -0.328. The summed E-state index contributed by atoms with van der Waals surface area (Å²) in [6, 6.07) is 8.91. The Bertz CT molecular complexity index is 569. The van der Waals surface area contributed by atoms with Crippen molar-refractivity contribution < 1.29 is 28.0 Å². The van der Waals surface area contributed by atoms with Crippen molar-refractivity contribution in [3.63, 3.8) is 0 Å². The Morgan fingerprint density at radius 1 is 1.00 bits per heavy atom. The number of rotatable bonds is 2. The van der Waals surface area contributed by atoms with Crippen LogP contribution >= 0.6 is 0 Å². The highest BCUT2D eigenvalue weighted by Crippen LogP contribution is 2.29. The van der Waals surface area contributed by atoms with Crippen LogP contribution in [0.3, 0.4) is 0 Å². The lowest BCUT2D eigenvalue weighted by Crippen LogP contribution is -2.33. The minimum absolute atomic E-state index is 0.167. The molecule has 94 valence electrons. The molecule has 0 saturated carbocycles. The molecule has 2 aromatic rings. The summed E-state index contributed by atoms with van der Waals surface area (Å²) in [5.74, 6) is -0.587. The van der Waals surface area contributed by atoms with Crippen molar-refractivity contribution in [3.8, 4) is 5.75 Å². The smallest absolute Gasteiger partial charge is 0.423 e. The predicted octanol–water partition coefficient (Wildman–Crippen LogP) is 1.42. The Morgan fingerprint density at radius 2 is 1.67 bits per heavy atom. The fourth-order valence-electron chi connectivity index (χ4n) is 1.69. The number of fused-ring (bicyclic) bond motifs is 1. The van der Waals surface area contributed by atoms with E-state index in [9.17, 15) is 13.2 Å². The number of ether oxygens (including phenoxy) is 1. The Labute approximate surface area is 101 Å². The molecule has 0 unspecified atom stereocenters. The minimum Gasteiger partial charge on any atom is -0.423 e. The van der Waals surface area contributed by atoms with Crippen LogP contribution in [0.4, 0.5) is 13.2 Å². The monoisotopic (exact) mass is 256 g/mol. The third-order valence-electron chi connectivity index (χ3n) is 2.41. The van der Waals surface area contributed by atoms with E-state index in [4.69, 9.17) is 10.0 Å². The molecule has 0 aromatic heterocycles. The Morgan fingerprint density at radius 3 is 2.28 bits per heavy atom. The molecule has 0 heterocycles. The molecule has 0 amide bonds. The highest BCUT2D eigenvalue weighted by Gasteiger charge is 2.34. The van der Waals surface area contributed by atoms with E-state index in [1.807, 2.05) is 0 Å². The quantitative estimate of drug-likeness (QED) is 0.799. The number of hydrogen-bond donors (Lipinski definition) is 2. The number of hydrogen-bond acceptors (Lipinski definition) is 3. The average molecular weight is 256 g/mol. The van der Waals surface area contributed by atoms with Crippen molar-refractivity contribution in [3.05, 3.63) is 36.4 Å². The molecule has 0 bridgehead atoms. The van der Waals surface area contributed by atoms with Gasteiger partial charge in [-0.15, -0.1) is 13.2 Å². The molecule has 0 aliphatic rings. The second-order valence-corrected chi connectivity index (χ2v) is 3.63. The summed E-state index contributed by atoms with van der Waals surface area (Å²) in [4.78, 5) is 0. The van der Waals surface area contributed by atoms with Crippen LogP contribution in [-0.4, -0.2) is 23.5 Å². The molecule has 7 heteroatoms. The first kappa shape index (κ1) is 12.7. The highest BCUT2D eigenvalue weighted by molar-refractivity contribution is 6.60. The number of benzene rings is 2. The first-order valence-electron chi connectivity index (χ1n) is 5.02. The lowest BCUT2D eigenvalue weighted by Gasteiger charge is -2.15. The molecular formula is C11H8BF3O3. The van der Waals surface area contributed by atoms with Crippen LogP contribution in [0.25, 0.3) is 10.8 Å². The summed E-state index contributed by atoms with van der Waals surface area (Å²) in [7, 11) is -2.04. The van der Waals surface area contributed by atoms with E-state index in [-0.39, 0.29) is 10.8 Å². The van der Waals surface area contributed by atoms with Crippen LogP contribution < -0.4 is 10.2 Å². The maximum Gasteiger partial charge on any atom is 0.573 e. The zero-order valence-corrected chi connectivity index (χ0v) is 8.98. The van der Waals surface area contributed by atoms with E-state index in [0.717, 1.165) is 0 Å². The highest BCUT2D eigenvalue weighted by atomic mass is 19.4. The van der Waals surface area contributed by atoms with Gasteiger partial charge in [-0.05, 0) is 5.39 Å². The summed E-state index contributed by atoms with van der Waals surface area (Å²) in [6.45, 7) is 0. The summed E-state index contributed by atoms with van der Waals surface area (Å²) in [5, 5.41) is 18.8. The van der Waals surface area contributed by atoms with Crippen molar-refractivity contribution in [1.29, 1.82) is 0 Å². The van der Waals surface area contributed by atoms with Crippen molar-refractivity contribution in [1.82, 2.24) is 0 Å². The Hall–Kier alpha value is -1.73. The van der Waals surface area contributed by atoms with Gasteiger partial charge >= 0.3 is 13.5 Å². The molecule has 0 aliphatic heterocycles. The van der Waals surface area contributed by atoms with E-state index in [2.05, 4.69) is 4.74 Å². The van der Waals surface area contributed by atoms with Gasteiger partial charge in [0, 0.05) is 10.8 Å². The zero-order chi connectivity index (χ0) is 13.3. The standard InChI is InChI=1S/C11H8BF3O3/c13-11(14,15)18-10-8-4-2-1-3-7(8)5-6-9(10)12(16)17/h1-6,16-17H. The second kappa shape index (κ2) is 4.51. The molecule has 0 aliphatic carbocycles. The lowest BCUT2D eigenvalue weighted by molar-refractivity contribution is -0.273. The molecule has 2 N–H and O–H groups in total. The second-order valence-electron chi connectivity index (χ2n) is 3.63. The van der Waals surface area contributed by atoms with Crippen molar-refractivity contribution in [2.75, 3.05) is 0 Å². The van der Waals surface area contributed by atoms with Crippen molar-refractivity contribution in [2.45, 2.75) is 6.36 Å². The van der Waals surface area contributed by atoms with Crippen molar-refractivity contribution in [2.24, 2.45) is 0 Å². The predicted molar refractivity (Wildman–Crippen MR) is 60.5 cm³/mol. The van der Waals surface area contributed by atoms with Crippen LogP contribution in [0.2, 0.25) is 0 Å². The molecule has 2 aromatic carbocycles. The zero-order valence-electron chi connectivity index (χ0n) is 8.98. The fourth-order valence-corrected chi connectivity index (χ4v) is 1.69. The van der Waals surface area contributed by atoms with Gasteiger partial charge in [0.15, 0.2) is 0 Å². The molecular weight excluding hydrogens is 248 g/mol. The van der Waals surface area contributed by atoms with E-state index < -0.39 is 19.2 Å². The summed E-state index contributed by atoms with van der Waals surface area (Å²) < 4.78 is 40.9. The van der Waals surface area contributed by atoms with E-state index >= 15 is 0 Å². The van der Waals surface area contributed by atoms with Crippen LogP contribution in [0.5, 0.6) is 5.75 Å². The van der Waals surface area contributed by atoms with Gasteiger partial charge in [-0.2, -0.15) is 0 Å². The van der Waals surface area contributed by atoms with E-state index in [1.54, 1.807) is 18.2 Å². The molecule has 2 rings (SSSR count). The molecule has 18 heavy (non-hydrogen) atoms. The van der Waals surface area contributed by atoms with Gasteiger partial charge in [0.2, 0.25) is 0 Å². The van der Waals surface area contributed by atoms with Crippen molar-refractivity contribution >= 4 is 23.4 Å². The number of halogens is 3. The molecule has 0 spiro atoms. The van der Waals surface area contributed by atoms with Gasteiger partial charge in [0.25, 0.3) is 0 Å². The van der Waals surface area contributed by atoms with Crippen LogP contribution in [0.15, 0.2) is 36.4 Å². The average Bonchev–Trinajstić information content (AvgIpc) is 2.27. The minimum atomic E-state index is -4.90. The fraction of sp³-hybridized carbons (Fsp3) is 0.0909. The third-order valence-corrected chi connectivity index (χ3v) is 2.41. The SMILES string of the molecule is OB(O)c1ccc2ccccc2c1OC(F)(F)F. The molecule has 0 radical (unpaired) electrons. The summed E-state index contributed by atoms with van der Waals surface area (Å²) in [6.07, 6.45) is -4.90. The molecule has 3 nitrogen and oxygen atoms in total. The van der Waals surface area contributed by atoms with Gasteiger partial charge in [-0.1, -0.05) is 36.4 Å². The van der Waals surface area contributed by atoms with Gasteiger partial charge in [0.05, 0.1) is 0 Å². The lowest BCUT2D eigenvalue weighted by atomic mass is 9.78. The van der Waals surface area contributed by atoms with E-state index in [0.29, 0.717) is 5.39 Å². The normalized spacial score (nSPS) is 11.6.